The van der Waals surface area contributed by atoms with E-state index in [4.69, 9.17) is 0 Å². The lowest BCUT2D eigenvalue weighted by molar-refractivity contribution is -0.122. The number of para-hydroxylation sites is 1. The van der Waals surface area contributed by atoms with E-state index >= 15 is 0 Å². The molecule has 0 radical (unpaired) electrons. The molecule has 118 valence electrons. The molecule has 0 saturated carbocycles. The number of aromatic nitrogens is 2. The predicted octanol–water partition coefficient (Wildman–Crippen LogP) is 1.84. The van der Waals surface area contributed by atoms with Gasteiger partial charge in [-0.3, -0.25) is 14.7 Å². The van der Waals surface area contributed by atoms with Crippen molar-refractivity contribution in [3.8, 4) is 0 Å². The maximum atomic E-state index is 12.7. The van der Waals surface area contributed by atoms with Crippen LogP contribution in [0.15, 0.2) is 30.3 Å². The third-order valence-electron chi connectivity index (χ3n) is 4.83. The van der Waals surface area contributed by atoms with Gasteiger partial charge in [0.15, 0.2) is 0 Å². The number of amides is 2. The van der Waals surface area contributed by atoms with E-state index in [0.717, 1.165) is 29.8 Å². The van der Waals surface area contributed by atoms with Gasteiger partial charge in [0.2, 0.25) is 5.91 Å². The average molecular weight is 310 g/mol. The number of fused-ring (bicyclic) bond motifs is 2. The van der Waals surface area contributed by atoms with Gasteiger partial charge in [-0.15, -0.1) is 0 Å². The van der Waals surface area contributed by atoms with Crippen LogP contribution < -0.4 is 5.32 Å². The first-order valence-electron chi connectivity index (χ1n) is 7.82. The minimum atomic E-state index is -0.629. The van der Waals surface area contributed by atoms with Crippen molar-refractivity contribution in [1.29, 1.82) is 0 Å². The first kappa shape index (κ1) is 14.0. The number of benzene rings is 1. The molecule has 0 bridgehead atoms. The number of aryl methyl sites for hydroxylation is 1. The van der Waals surface area contributed by atoms with E-state index in [-0.39, 0.29) is 11.8 Å². The fourth-order valence-electron chi connectivity index (χ4n) is 3.70. The second-order valence-corrected chi connectivity index (χ2v) is 6.35. The summed E-state index contributed by atoms with van der Waals surface area (Å²) in [4.78, 5) is 27.1. The Morgan fingerprint density at radius 1 is 1.35 bits per heavy atom. The number of rotatable bonds is 1. The Morgan fingerprint density at radius 3 is 2.96 bits per heavy atom. The Hall–Kier alpha value is -2.63. The van der Waals surface area contributed by atoms with E-state index in [0.29, 0.717) is 18.8 Å². The van der Waals surface area contributed by atoms with Crippen molar-refractivity contribution < 1.29 is 9.59 Å². The number of H-pyrrole nitrogens is 1. The first-order valence-corrected chi connectivity index (χ1v) is 7.82. The van der Waals surface area contributed by atoms with Gasteiger partial charge >= 0.3 is 0 Å². The van der Waals surface area contributed by atoms with Gasteiger partial charge in [-0.25, -0.2) is 0 Å². The number of likely N-dealkylation sites (tertiary alicyclic amines) is 1. The largest absolute Gasteiger partial charge is 0.336 e. The summed E-state index contributed by atoms with van der Waals surface area (Å²) in [5.41, 5.74) is 2.49. The Morgan fingerprint density at radius 2 is 2.17 bits per heavy atom. The van der Waals surface area contributed by atoms with Gasteiger partial charge in [-0.2, -0.15) is 5.10 Å². The lowest BCUT2D eigenvalue weighted by atomic mass is 9.75. The normalized spacial score (nSPS) is 23.0. The van der Waals surface area contributed by atoms with Crippen molar-refractivity contribution in [2.45, 2.75) is 25.2 Å². The van der Waals surface area contributed by atoms with Crippen LogP contribution in [0.25, 0.3) is 0 Å². The molecule has 2 aromatic rings. The molecule has 2 aliphatic rings. The van der Waals surface area contributed by atoms with Crippen LogP contribution >= 0.6 is 0 Å². The van der Waals surface area contributed by atoms with Crippen LogP contribution in [0.1, 0.15) is 34.6 Å². The summed E-state index contributed by atoms with van der Waals surface area (Å²) in [6.45, 7) is 2.92. The van der Waals surface area contributed by atoms with Gasteiger partial charge in [-0.1, -0.05) is 18.2 Å². The van der Waals surface area contributed by atoms with Gasteiger partial charge < -0.3 is 10.2 Å². The van der Waals surface area contributed by atoms with Crippen molar-refractivity contribution in [2.75, 3.05) is 18.4 Å². The van der Waals surface area contributed by atoms with Crippen molar-refractivity contribution in [3.63, 3.8) is 0 Å². The molecule has 0 unspecified atom stereocenters. The molecule has 2 N–H and O–H groups in total. The molecule has 1 saturated heterocycles. The molecule has 2 aliphatic heterocycles. The predicted molar refractivity (Wildman–Crippen MR) is 85.2 cm³/mol. The molecule has 1 aromatic carbocycles. The highest BCUT2D eigenvalue weighted by Gasteiger charge is 2.50. The fourth-order valence-corrected chi connectivity index (χ4v) is 3.70. The molecular formula is C17H18N4O2. The van der Waals surface area contributed by atoms with E-state index in [1.54, 1.807) is 11.0 Å². The van der Waals surface area contributed by atoms with Crippen LogP contribution in [0.3, 0.4) is 0 Å². The van der Waals surface area contributed by atoms with Gasteiger partial charge in [0.1, 0.15) is 5.69 Å². The summed E-state index contributed by atoms with van der Waals surface area (Å²) >= 11 is 0. The second kappa shape index (κ2) is 4.94. The summed E-state index contributed by atoms with van der Waals surface area (Å²) in [5, 5.41) is 9.81. The average Bonchev–Trinajstić information content (AvgIpc) is 3.10. The van der Waals surface area contributed by atoms with Crippen molar-refractivity contribution in [2.24, 2.45) is 0 Å². The topological polar surface area (TPSA) is 78.1 Å². The SMILES string of the molecule is Cc1cc(C(=O)N2CCC[C@@]3(C2)C(=O)Nc2ccccc23)n[nH]1. The first-order chi connectivity index (χ1) is 11.1. The highest BCUT2D eigenvalue weighted by Crippen LogP contribution is 2.43. The quantitative estimate of drug-likeness (QED) is 0.843. The standard InChI is InChI=1S/C17H18N4O2/c1-11-9-14(20-19-11)15(22)21-8-4-7-17(10-21)12-5-2-3-6-13(12)18-16(17)23/h2-3,5-6,9H,4,7-8,10H2,1H3,(H,18,23)(H,19,20)/t17-/m0/s1. The van der Waals surface area contributed by atoms with Gasteiger partial charge in [0, 0.05) is 24.5 Å². The smallest absolute Gasteiger partial charge is 0.274 e. The molecule has 1 spiro atoms. The van der Waals surface area contributed by atoms with E-state index in [9.17, 15) is 9.59 Å². The maximum Gasteiger partial charge on any atom is 0.274 e. The van der Waals surface area contributed by atoms with Crippen LogP contribution in [0.5, 0.6) is 0 Å². The number of nitrogens with one attached hydrogen (secondary N) is 2. The number of piperidine rings is 1. The highest BCUT2D eigenvalue weighted by atomic mass is 16.2. The molecule has 3 heterocycles. The molecule has 1 fully saturated rings. The van der Waals surface area contributed by atoms with E-state index in [1.165, 1.54) is 0 Å². The summed E-state index contributed by atoms with van der Waals surface area (Å²) in [5.74, 6) is -0.125. The van der Waals surface area contributed by atoms with E-state index in [1.807, 2.05) is 31.2 Å². The number of aromatic amines is 1. The van der Waals surface area contributed by atoms with Crippen LogP contribution in [-0.2, 0) is 10.2 Å². The van der Waals surface area contributed by atoms with Gasteiger partial charge in [0.05, 0.1) is 5.41 Å². The fraction of sp³-hybridized carbons (Fsp3) is 0.353. The molecule has 1 aromatic heterocycles. The number of anilines is 1. The zero-order valence-corrected chi connectivity index (χ0v) is 12.9. The molecule has 6 heteroatoms. The monoisotopic (exact) mass is 310 g/mol. The molecule has 2 amide bonds. The Balaban J connectivity index is 1.67. The van der Waals surface area contributed by atoms with Crippen LogP contribution in [0.4, 0.5) is 5.69 Å². The summed E-state index contributed by atoms with van der Waals surface area (Å²) in [6, 6.07) is 9.50. The van der Waals surface area contributed by atoms with Crippen molar-refractivity contribution in [1.82, 2.24) is 15.1 Å². The summed E-state index contributed by atoms with van der Waals surface area (Å²) < 4.78 is 0. The number of carbonyl (C=O) groups is 2. The molecular weight excluding hydrogens is 292 g/mol. The van der Waals surface area contributed by atoms with E-state index in [2.05, 4.69) is 15.5 Å². The summed E-state index contributed by atoms with van der Waals surface area (Å²) in [6.07, 6.45) is 1.57. The zero-order valence-electron chi connectivity index (χ0n) is 12.9. The van der Waals surface area contributed by atoms with Crippen molar-refractivity contribution >= 4 is 17.5 Å². The van der Waals surface area contributed by atoms with Crippen LogP contribution in [0.2, 0.25) is 0 Å². The number of carbonyl (C=O) groups excluding carboxylic acids is 2. The Kier molecular flexibility index (Phi) is 3.01. The van der Waals surface area contributed by atoms with Gasteiger partial charge in [0.25, 0.3) is 5.91 Å². The lowest BCUT2D eigenvalue weighted by Gasteiger charge is -2.38. The van der Waals surface area contributed by atoms with Crippen LogP contribution in [0, 0.1) is 6.92 Å². The third-order valence-corrected chi connectivity index (χ3v) is 4.83. The number of nitrogens with zero attached hydrogens (tertiary/aromatic N) is 2. The molecule has 1 atom stereocenters. The molecule has 6 nitrogen and oxygen atoms in total. The minimum Gasteiger partial charge on any atom is -0.336 e. The lowest BCUT2D eigenvalue weighted by Crippen LogP contribution is -2.51. The minimum absolute atomic E-state index is 0.00518. The molecule has 23 heavy (non-hydrogen) atoms. The Bertz CT molecular complexity index is 797. The zero-order chi connectivity index (χ0) is 16.0. The van der Waals surface area contributed by atoms with Crippen LogP contribution in [-0.4, -0.2) is 40.0 Å². The summed E-state index contributed by atoms with van der Waals surface area (Å²) in [7, 11) is 0. The van der Waals surface area contributed by atoms with Gasteiger partial charge in [-0.05, 0) is 37.5 Å². The molecule has 0 aliphatic carbocycles. The second-order valence-electron chi connectivity index (χ2n) is 6.35. The van der Waals surface area contributed by atoms with Crippen molar-refractivity contribution in [3.05, 3.63) is 47.3 Å². The highest BCUT2D eigenvalue weighted by molar-refractivity contribution is 6.07. The van der Waals surface area contributed by atoms with E-state index < -0.39 is 5.41 Å². The third kappa shape index (κ3) is 2.05. The number of hydrogen-bond donors (Lipinski definition) is 2. The maximum absolute atomic E-state index is 12.7. The Labute approximate surface area is 133 Å². The number of hydrogen-bond acceptors (Lipinski definition) is 3. The molecule has 4 rings (SSSR count).